The summed E-state index contributed by atoms with van der Waals surface area (Å²) >= 11 is 9.43. The molecule has 1 amide bonds. The van der Waals surface area contributed by atoms with Crippen molar-refractivity contribution in [2.45, 2.75) is 33.2 Å². The van der Waals surface area contributed by atoms with Crippen LogP contribution in [0.5, 0.6) is 0 Å². The molecule has 0 unspecified atom stereocenters. The molecule has 3 aromatic heterocycles. The number of hydrogen-bond acceptors (Lipinski definition) is 7. The van der Waals surface area contributed by atoms with Gasteiger partial charge >= 0.3 is 0 Å². The molecule has 170 valence electrons. The molecule has 0 atom stereocenters. The average Bonchev–Trinajstić information content (AvgIpc) is 3.35. The zero-order valence-corrected chi connectivity index (χ0v) is 20.9. The van der Waals surface area contributed by atoms with Crippen LogP contribution < -0.4 is 4.90 Å². The van der Waals surface area contributed by atoms with Crippen LogP contribution in [0.4, 0.5) is 5.82 Å². The third-order valence-corrected chi connectivity index (χ3v) is 9.11. The minimum atomic E-state index is 0.122. The van der Waals surface area contributed by atoms with E-state index in [1.165, 1.54) is 20.7 Å². The van der Waals surface area contributed by atoms with E-state index in [-0.39, 0.29) is 5.92 Å². The maximum atomic E-state index is 13.2. The number of aryl methyl sites for hydroxylation is 2. The van der Waals surface area contributed by atoms with E-state index in [1.807, 2.05) is 6.07 Å². The first-order chi connectivity index (χ1) is 15.5. The van der Waals surface area contributed by atoms with Crippen molar-refractivity contribution in [2.24, 2.45) is 5.92 Å². The van der Waals surface area contributed by atoms with Gasteiger partial charge in [0.05, 0.1) is 9.72 Å². The Hall–Kier alpha value is -1.74. The second-order valence-electron chi connectivity index (χ2n) is 8.73. The molecule has 2 fully saturated rings. The number of piperidine rings is 1. The zero-order chi connectivity index (χ0) is 22.2. The lowest BCUT2D eigenvalue weighted by molar-refractivity contribution is -0.138. The van der Waals surface area contributed by atoms with Gasteiger partial charge in [-0.3, -0.25) is 9.69 Å². The Bertz CT molecular complexity index is 1110. The second-order valence-corrected chi connectivity index (χ2v) is 11.7. The van der Waals surface area contributed by atoms with Gasteiger partial charge in [0.25, 0.3) is 0 Å². The van der Waals surface area contributed by atoms with Gasteiger partial charge in [-0.2, -0.15) is 0 Å². The van der Waals surface area contributed by atoms with Crippen LogP contribution in [0.1, 0.15) is 28.2 Å². The third kappa shape index (κ3) is 4.38. The van der Waals surface area contributed by atoms with Crippen LogP contribution in [0.15, 0.2) is 18.5 Å². The molecule has 3 aromatic rings. The van der Waals surface area contributed by atoms with Crippen LogP contribution >= 0.6 is 34.3 Å². The number of amides is 1. The quantitative estimate of drug-likeness (QED) is 0.536. The van der Waals surface area contributed by atoms with Gasteiger partial charge in [-0.05, 0) is 44.4 Å². The Kier molecular flexibility index (Phi) is 6.38. The number of rotatable bonds is 4. The summed E-state index contributed by atoms with van der Waals surface area (Å²) in [4.78, 5) is 32.8. The van der Waals surface area contributed by atoms with Crippen molar-refractivity contribution in [1.29, 1.82) is 0 Å². The highest BCUT2D eigenvalue weighted by Crippen LogP contribution is 2.36. The molecule has 0 aromatic carbocycles. The van der Waals surface area contributed by atoms with E-state index in [0.29, 0.717) is 5.91 Å². The van der Waals surface area contributed by atoms with Gasteiger partial charge in [0, 0.05) is 61.5 Å². The highest BCUT2D eigenvalue weighted by atomic mass is 35.5. The first-order valence-electron chi connectivity index (χ1n) is 11.2. The number of hydrogen-bond donors (Lipinski definition) is 0. The van der Waals surface area contributed by atoms with Gasteiger partial charge < -0.3 is 9.80 Å². The van der Waals surface area contributed by atoms with Crippen molar-refractivity contribution in [2.75, 3.05) is 44.2 Å². The molecular formula is C23H28ClN5OS2. The molecule has 5 rings (SSSR count). The van der Waals surface area contributed by atoms with E-state index in [0.717, 1.165) is 73.6 Å². The topological polar surface area (TPSA) is 52.6 Å². The first kappa shape index (κ1) is 22.1. The van der Waals surface area contributed by atoms with Gasteiger partial charge in [-0.25, -0.2) is 9.97 Å². The largest absolute Gasteiger partial charge is 0.356 e. The highest BCUT2D eigenvalue weighted by molar-refractivity contribution is 7.18. The van der Waals surface area contributed by atoms with E-state index in [1.54, 1.807) is 29.0 Å². The van der Waals surface area contributed by atoms with Crippen molar-refractivity contribution in [3.05, 3.63) is 38.1 Å². The predicted molar refractivity (Wildman–Crippen MR) is 133 cm³/mol. The number of nitrogens with zero attached hydrogens (tertiary/aromatic N) is 5. The average molecular weight is 490 g/mol. The Morgan fingerprint density at radius 2 is 1.81 bits per heavy atom. The molecule has 5 heterocycles. The molecular weight excluding hydrogens is 462 g/mol. The predicted octanol–water partition coefficient (Wildman–Crippen LogP) is 4.58. The molecule has 0 saturated carbocycles. The molecule has 0 N–H and O–H groups in total. The lowest BCUT2D eigenvalue weighted by atomic mass is 9.94. The summed E-state index contributed by atoms with van der Waals surface area (Å²) in [5, 5.41) is 1.18. The lowest BCUT2D eigenvalue weighted by Gasteiger charge is -2.38. The van der Waals surface area contributed by atoms with E-state index in [9.17, 15) is 4.79 Å². The molecule has 6 nitrogen and oxygen atoms in total. The van der Waals surface area contributed by atoms with Crippen molar-refractivity contribution in [3.63, 3.8) is 0 Å². The number of carbonyl (C=O) groups is 1. The smallest absolute Gasteiger partial charge is 0.225 e. The molecule has 9 heteroatoms. The number of aromatic nitrogens is 2. The maximum Gasteiger partial charge on any atom is 0.225 e. The van der Waals surface area contributed by atoms with Crippen LogP contribution in [0.3, 0.4) is 0 Å². The lowest BCUT2D eigenvalue weighted by Crippen LogP contribution is -2.51. The van der Waals surface area contributed by atoms with Crippen molar-refractivity contribution in [3.8, 4) is 0 Å². The minimum Gasteiger partial charge on any atom is -0.356 e. The fourth-order valence-corrected chi connectivity index (χ4v) is 6.91. The number of halogens is 1. The van der Waals surface area contributed by atoms with Gasteiger partial charge in [0.2, 0.25) is 5.91 Å². The van der Waals surface area contributed by atoms with Gasteiger partial charge in [-0.1, -0.05) is 11.6 Å². The zero-order valence-electron chi connectivity index (χ0n) is 18.5. The Morgan fingerprint density at radius 1 is 1.06 bits per heavy atom. The molecule has 0 bridgehead atoms. The van der Waals surface area contributed by atoms with Crippen LogP contribution in [0.2, 0.25) is 4.34 Å². The molecule has 0 radical (unpaired) electrons. The second kappa shape index (κ2) is 9.25. The summed E-state index contributed by atoms with van der Waals surface area (Å²) in [6, 6.07) is 4.06. The molecule has 0 aliphatic carbocycles. The van der Waals surface area contributed by atoms with Gasteiger partial charge in [-0.15, -0.1) is 22.7 Å². The van der Waals surface area contributed by atoms with Crippen molar-refractivity contribution < 1.29 is 4.79 Å². The van der Waals surface area contributed by atoms with Crippen molar-refractivity contribution >= 4 is 56.2 Å². The Balaban J connectivity index is 1.16. The fraction of sp³-hybridized carbons (Fsp3) is 0.522. The number of carbonyl (C=O) groups excluding carboxylic acids is 1. The Labute approximate surface area is 201 Å². The normalized spacial score (nSPS) is 18.6. The molecule has 2 aliphatic rings. The Morgan fingerprint density at radius 3 is 2.50 bits per heavy atom. The van der Waals surface area contributed by atoms with E-state index in [2.05, 4.69) is 44.6 Å². The third-order valence-electron chi connectivity index (χ3n) is 6.78. The van der Waals surface area contributed by atoms with Crippen LogP contribution in [-0.2, 0) is 11.3 Å². The summed E-state index contributed by atoms with van der Waals surface area (Å²) in [5.74, 6) is 1.49. The number of fused-ring (bicyclic) bond motifs is 1. The minimum absolute atomic E-state index is 0.122. The molecule has 0 spiro atoms. The van der Waals surface area contributed by atoms with E-state index in [4.69, 9.17) is 11.6 Å². The first-order valence-corrected chi connectivity index (χ1v) is 13.2. The summed E-state index contributed by atoms with van der Waals surface area (Å²) in [7, 11) is 0. The number of thiophene rings is 2. The van der Waals surface area contributed by atoms with E-state index < -0.39 is 0 Å². The SMILES string of the molecule is Cc1sc2ncnc(N3CCC(C(=O)N4CCN(Cc5ccc(Cl)s5)CC4)CC3)c2c1C. The summed E-state index contributed by atoms with van der Waals surface area (Å²) < 4.78 is 0.840. The van der Waals surface area contributed by atoms with Crippen LogP contribution in [0, 0.1) is 19.8 Å². The standard InChI is InChI=1S/C23H28ClN5OS2/c1-15-16(2)31-22-20(15)21(25-14-26-22)28-7-5-17(6-8-28)23(30)29-11-9-27(10-12-29)13-18-3-4-19(24)32-18/h3-4,14,17H,5-13H2,1-2H3. The molecule has 2 saturated heterocycles. The summed E-state index contributed by atoms with van der Waals surface area (Å²) in [6.07, 6.45) is 3.45. The highest BCUT2D eigenvalue weighted by Gasteiger charge is 2.31. The number of anilines is 1. The molecule has 32 heavy (non-hydrogen) atoms. The van der Waals surface area contributed by atoms with E-state index >= 15 is 0 Å². The number of piperazine rings is 1. The van der Waals surface area contributed by atoms with Crippen LogP contribution in [0.25, 0.3) is 10.2 Å². The summed E-state index contributed by atoms with van der Waals surface area (Å²) in [5.41, 5.74) is 1.28. The molecule has 2 aliphatic heterocycles. The monoisotopic (exact) mass is 489 g/mol. The van der Waals surface area contributed by atoms with Crippen molar-refractivity contribution in [1.82, 2.24) is 19.8 Å². The maximum absolute atomic E-state index is 13.2. The fourth-order valence-electron chi connectivity index (χ4n) is 4.78. The van der Waals surface area contributed by atoms with Gasteiger partial charge in [0.15, 0.2) is 0 Å². The van der Waals surface area contributed by atoms with Crippen LogP contribution in [-0.4, -0.2) is 64.9 Å². The summed E-state index contributed by atoms with van der Waals surface area (Å²) in [6.45, 7) is 10.5. The van der Waals surface area contributed by atoms with Gasteiger partial charge in [0.1, 0.15) is 17.0 Å².